The molecule has 1 aromatic carbocycles. The summed E-state index contributed by atoms with van der Waals surface area (Å²) >= 11 is 5.74. The minimum Gasteiger partial charge on any atom is -0.479 e. The number of carboxylic acid groups (broad SMARTS) is 1. The maximum absolute atomic E-state index is 10.5. The van der Waals surface area contributed by atoms with Crippen LogP contribution in [0, 0.1) is 6.92 Å². The van der Waals surface area contributed by atoms with Gasteiger partial charge < -0.3 is 19.4 Å². The van der Waals surface area contributed by atoms with Gasteiger partial charge in [0.25, 0.3) is 0 Å². The number of halogens is 1. The molecule has 2 N–H and O–H groups in total. The topological polar surface area (TPSA) is 66.8 Å². The monoisotopic (exact) mass is 318 g/mol. The molecule has 120 valence electrons. The summed E-state index contributed by atoms with van der Waals surface area (Å²) in [7, 11) is 6.16. The summed E-state index contributed by atoms with van der Waals surface area (Å²) in [4.78, 5) is 10.5. The van der Waals surface area contributed by atoms with Crippen LogP contribution >= 0.6 is 11.6 Å². The van der Waals surface area contributed by atoms with Crippen molar-refractivity contribution in [1.29, 1.82) is 0 Å². The Kier molecular flexibility index (Phi) is 8.32. The lowest BCUT2D eigenvalue weighted by molar-refractivity contribution is -0.870. The Labute approximate surface area is 131 Å². The third-order valence-electron chi connectivity index (χ3n) is 2.56. The molecule has 0 heterocycles. The van der Waals surface area contributed by atoms with Crippen LogP contribution in [0.5, 0.6) is 5.75 Å². The number of carboxylic acids is 1. The summed E-state index contributed by atoms with van der Waals surface area (Å²) in [6.45, 7) is 4.41. The first-order valence-electron chi connectivity index (χ1n) is 6.63. The number of hydrogen-bond donors (Lipinski definition) is 2. The fourth-order valence-electron chi connectivity index (χ4n) is 1.29. The molecule has 0 saturated heterocycles. The predicted octanol–water partition coefficient (Wildman–Crippen LogP) is 2.19. The number of aryl methyl sites for hydroxylation is 1. The van der Waals surface area contributed by atoms with Crippen molar-refractivity contribution < 1.29 is 24.2 Å². The van der Waals surface area contributed by atoms with Crippen molar-refractivity contribution in [2.45, 2.75) is 20.0 Å². The molecule has 0 bridgehead atoms. The summed E-state index contributed by atoms with van der Waals surface area (Å²) in [6, 6.07) is 5.06. The molecule has 0 fully saturated rings. The predicted molar refractivity (Wildman–Crippen MR) is 83.9 cm³/mol. The maximum Gasteiger partial charge on any atom is 0.344 e. The summed E-state index contributed by atoms with van der Waals surface area (Å²) < 4.78 is 6.05. The largest absolute Gasteiger partial charge is 0.479 e. The molecule has 0 amide bonds. The minimum absolute atomic E-state index is 0.281. The smallest absolute Gasteiger partial charge is 0.344 e. The summed E-state index contributed by atoms with van der Waals surface area (Å²) in [5, 5.41) is 17.6. The fourth-order valence-corrected chi connectivity index (χ4v) is 1.51. The lowest BCUT2D eigenvalue weighted by Gasteiger charge is -2.21. The quantitative estimate of drug-likeness (QED) is 0.817. The zero-order valence-electron chi connectivity index (χ0n) is 13.3. The van der Waals surface area contributed by atoms with Crippen LogP contribution in [0.15, 0.2) is 18.2 Å². The standard InChI is InChI=1S/C10H11ClO3.C5H14NO/c1-6-5-8(11)3-4-9(6)14-7(2)10(12)13;1-6(2,3)4-5-7/h3-5,7H,1-2H3,(H,12,13);7H,4-5H2,1-3H3/q;+1/t7-;/m1./s1. The van der Waals surface area contributed by atoms with Crippen LogP contribution in [0.25, 0.3) is 0 Å². The summed E-state index contributed by atoms with van der Waals surface area (Å²) in [5.41, 5.74) is 0.825. The number of likely N-dealkylation sites (N-methyl/N-ethyl adjacent to an activating group) is 1. The molecular weight excluding hydrogens is 294 g/mol. The highest BCUT2D eigenvalue weighted by Crippen LogP contribution is 2.22. The van der Waals surface area contributed by atoms with E-state index in [4.69, 9.17) is 26.6 Å². The zero-order chi connectivity index (χ0) is 16.6. The molecule has 1 rings (SSSR count). The van der Waals surface area contributed by atoms with Crippen LogP contribution < -0.4 is 4.74 Å². The molecular formula is C15H25ClNO4+. The van der Waals surface area contributed by atoms with Gasteiger partial charge in [-0.05, 0) is 37.6 Å². The molecule has 0 saturated carbocycles. The highest BCUT2D eigenvalue weighted by atomic mass is 35.5. The Bertz CT molecular complexity index is 457. The van der Waals surface area contributed by atoms with Crippen LogP contribution in [-0.2, 0) is 4.79 Å². The van der Waals surface area contributed by atoms with E-state index in [2.05, 4.69) is 21.1 Å². The Morgan fingerprint density at radius 2 is 1.95 bits per heavy atom. The molecule has 0 aliphatic rings. The van der Waals surface area contributed by atoms with Crippen molar-refractivity contribution in [2.24, 2.45) is 0 Å². The lowest BCUT2D eigenvalue weighted by Crippen LogP contribution is -2.36. The highest BCUT2D eigenvalue weighted by Gasteiger charge is 2.13. The van der Waals surface area contributed by atoms with E-state index >= 15 is 0 Å². The van der Waals surface area contributed by atoms with Crippen molar-refractivity contribution in [3.05, 3.63) is 28.8 Å². The van der Waals surface area contributed by atoms with E-state index < -0.39 is 12.1 Å². The number of rotatable bonds is 5. The molecule has 0 unspecified atom stereocenters. The van der Waals surface area contributed by atoms with Crippen molar-refractivity contribution in [3.8, 4) is 5.75 Å². The van der Waals surface area contributed by atoms with E-state index in [0.717, 1.165) is 16.6 Å². The lowest BCUT2D eigenvalue weighted by atomic mass is 10.2. The van der Waals surface area contributed by atoms with Gasteiger partial charge in [0.05, 0.1) is 27.7 Å². The molecule has 6 heteroatoms. The molecule has 5 nitrogen and oxygen atoms in total. The second kappa shape index (κ2) is 8.87. The van der Waals surface area contributed by atoms with Gasteiger partial charge in [-0.2, -0.15) is 0 Å². The molecule has 0 aliphatic carbocycles. The number of nitrogens with zero attached hydrogens (tertiary/aromatic N) is 1. The van der Waals surface area contributed by atoms with Crippen molar-refractivity contribution in [3.63, 3.8) is 0 Å². The maximum atomic E-state index is 10.5. The third kappa shape index (κ3) is 9.28. The molecule has 1 atom stereocenters. The Morgan fingerprint density at radius 3 is 2.29 bits per heavy atom. The molecule has 0 radical (unpaired) electrons. The van der Waals surface area contributed by atoms with Gasteiger partial charge in [0.1, 0.15) is 12.3 Å². The van der Waals surface area contributed by atoms with Gasteiger partial charge in [-0.25, -0.2) is 4.79 Å². The van der Waals surface area contributed by atoms with Crippen molar-refractivity contribution in [1.82, 2.24) is 0 Å². The van der Waals surface area contributed by atoms with Gasteiger partial charge in [0, 0.05) is 5.02 Å². The number of hydrogen-bond acceptors (Lipinski definition) is 3. The first-order valence-corrected chi connectivity index (χ1v) is 7.01. The number of carbonyl (C=O) groups is 1. The average Bonchev–Trinajstić information content (AvgIpc) is 2.31. The minimum atomic E-state index is -0.987. The van der Waals surface area contributed by atoms with Gasteiger partial charge in [0.2, 0.25) is 0 Å². The molecule has 0 aliphatic heterocycles. The number of ether oxygens (including phenoxy) is 1. The van der Waals surface area contributed by atoms with Gasteiger partial charge in [0.15, 0.2) is 6.10 Å². The number of aliphatic hydroxyl groups is 1. The highest BCUT2D eigenvalue weighted by molar-refractivity contribution is 6.30. The van der Waals surface area contributed by atoms with Gasteiger partial charge in [-0.15, -0.1) is 0 Å². The number of aliphatic hydroxyl groups excluding tert-OH is 1. The Hall–Kier alpha value is -1.30. The first-order chi connectivity index (χ1) is 9.56. The summed E-state index contributed by atoms with van der Waals surface area (Å²) in [6.07, 6.45) is -0.852. The van der Waals surface area contributed by atoms with E-state index in [9.17, 15) is 4.79 Å². The van der Waals surface area contributed by atoms with Crippen LogP contribution in [0.4, 0.5) is 0 Å². The average molecular weight is 319 g/mol. The Balaban J connectivity index is 0.000000486. The Morgan fingerprint density at radius 1 is 1.38 bits per heavy atom. The second-order valence-electron chi connectivity index (χ2n) is 5.75. The SMILES string of the molecule is C[N+](C)(C)CCO.Cc1cc(Cl)ccc1O[C@H](C)C(=O)O. The molecule has 21 heavy (non-hydrogen) atoms. The van der Waals surface area contributed by atoms with E-state index in [0.29, 0.717) is 10.8 Å². The van der Waals surface area contributed by atoms with Crippen molar-refractivity contribution in [2.75, 3.05) is 34.3 Å². The second-order valence-corrected chi connectivity index (χ2v) is 6.18. The van der Waals surface area contributed by atoms with Crippen LogP contribution in [0.2, 0.25) is 5.02 Å². The van der Waals surface area contributed by atoms with E-state index in [-0.39, 0.29) is 6.61 Å². The van der Waals surface area contributed by atoms with Crippen LogP contribution in [0.1, 0.15) is 12.5 Å². The fraction of sp³-hybridized carbons (Fsp3) is 0.533. The van der Waals surface area contributed by atoms with E-state index in [1.54, 1.807) is 18.2 Å². The number of quaternary nitrogens is 1. The van der Waals surface area contributed by atoms with E-state index in [1.807, 2.05) is 6.92 Å². The number of aliphatic carboxylic acids is 1. The molecule has 0 spiro atoms. The normalized spacial score (nSPS) is 12.1. The van der Waals surface area contributed by atoms with Crippen LogP contribution in [-0.4, -0.2) is 61.1 Å². The molecule has 0 aromatic heterocycles. The zero-order valence-corrected chi connectivity index (χ0v) is 14.0. The van der Waals surface area contributed by atoms with E-state index in [1.165, 1.54) is 6.92 Å². The molecule has 1 aromatic rings. The first kappa shape index (κ1) is 19.7. The van der Waals surface area contributed by atoms with Gasteiger partial charge >= 0.3 is 5.97 Å². The van der Waals surface area contributed by atoms with Crippen LogP contribution in [0.3, 0.4) is 0 Å². The summed E-state index contributed by atoms with van der Waals surface area (Å²) in [5.74, 6) is -0.441. The van der Waals surface area contributed by atoms with Gasteiger partial charge in [-0.3, -0.25) is 0 Å². The van der Waals surface area contributed by atoms with Crippen molar-refractivity contribution >= 4 is 17.6 Å². The number of benzene rings is 1. The van der Waals surface area contributed by atoms with Gasteiger partial charge in [-0.1, -0.05) is 11.6 Å². The third-order valence-corrected chi connectivity index (χ3v) is 2.79.